The number of aromatic nitrogens is 2. The summed E-state index contributed by atoms with van der Waals surface area (Å²) in [4.78, 5) is 23.0. The normalized spacial score (nSPS) is 11.7. The van der Waals surface area contributed by atoms with E-state index in [1.165, 1.54) is 6.33 Å². The lowest BCUT2D eigenvalue weighted by Gasteiger charge is -2.22. The summed E-state index contributed by atoms with van der Waals surface area (Å²) < 4.78 is 69.9. The number of fused-ring (bicyclic) bond motifs is 1. The Labute approximate surface area is 288 Å². The molecule has 3 aromatic carbocycles. The third kappa shape index (κ3) is 8.07. The number of carbonyl (C=O) groups is 1. The van der Waals surface area contributed by atoms with Gasteiger partial charge in [-0.3, -0.25) is 13.7 Å². The minimum absolute atomic E-state index is 0.0130. The quantitative estimate of drug-likeness (QED) is 0.0766. The summed E-state index contributed by atoms with van der Waals surface area (Å²) in [6.45, 7) is 2.14. The van der Waals surface area contributed by atoms with Crippen LogP contribution in [0.5, 0.6) is 17.2 Å². The van der Waals surface area contributed by atoms with Crippen LogP contribution in [-0.4, -0.2) is 52.5 Å². The number of thiophene rings is 1. The first-order valence-corrected chi connectivity index (χ1v) is 17.0. The Balaban J connectivity index is 1.32. The number of benzene rings is 3. The Kier molecular flexibility index (Phi) is 11.6. The number of rotatable bonds is 15. The van der Waals surface area contributed by atoms with Crippen molar-refractivity contribution in [1.29, 1.82) is 0 Å². The third-order valence-corrected chi connectivity index (χ3v) is 9.67. The highest BCUT2D eigenvalue weighted by Gasteiger charge is 2.26. The van der Waals surface area contributed by atoms with E-state index in [2.05, 4.69) is 20.6 Å². The van der Waals surface area contributed by atoms with Crippen LogP contribution in [0.3, 0.4) is 0 Å². The van der Waals surface area contributed by atoms with Crippen molar-refractivity contribution < 1.29 is 36.5 Å². The van der Waals surface area contributed by atoms with Crippen LogP contribution in [0.2, 0.25) is 0 Å². The minimum atomic E-state index is -2.61. The standard InChI is InChI=1S/C34H35F2N5O6S2/c1-20-28-31(38-19-39-33(28)37-18-22-10-13-24(46-3)17-27(22)47-4)32(48-20)34(42)40-30-25(35)14-15-26(29(30)36)41(49(43)44)16-6-5-7-21-8-11-23(45-2)12-9-21/h8-15,17,19H,5-7,16,18H2,1-4H3,(H,40,42)(H,43,44)(H,37,38,39). The van der Waals surface area contributed by atoms with Crippen molar-refractivity contribution in [2.24, 2.45) is 0 Å². The lowest BCUT2D eigenvalue weighted by atomic mass is 10.1. The molecule has 0 aliphatic rings. The van der Waals surface area contributed by atoms with Gasteiger partial charge in [0.1, 0.15) is 45.8 Å². The number of ether oxygens (including phenoxy) is 3. The Bertz CT molecular complexity index is 1980. The van der Waals surface area contributed by atoms with Gasteiger partial charge >= 0.3 is 0 Å². The molecule has 3 N–H and O–H groups in total. The topological polar surface area (TPSA) is 135 Å². The maximum atomic E-state index is 15.8. The average Bonchev–Trinajstić information content (AvgIpc) is 3.46. The SMILES string of the molecule is COc1ccc(CCCCN(c2ccc(F)c(NC(=O)c3sc(C)c4c(NCc5ccc(OC)cc5OC)ncnc34)c2F)S(=O)O)cc1. The molecule has 15 heteroatoms. The average molecular weight is 712 g/mol. The molecular formula is C34H35F2N5O6S2. The van der Waals surface area contributed by atoms with Crippen molar-refractivity contribution in [3.8, 4) is 17.2 Å². The molecule has 49 heavy (non-hydrogen) atoms. The van der Waals surface area contributed by atoms with Crippen LogP contribution in [0.15, 0.2) is 60.9 Å². The summed E-state index contributed by atoms with van der Waals surface area (Å²) in [5, 5.41) is 6.17. The largest absolute Gasteiger partial charge is 0.497 e. The molecule has 258 valence electrons. The van der Waals surface area contributed by atoms with Gasteiger partial charge in [0.05, 0.1) is 37.9 Å². The van der Waals surface area contributed by atoms with E-state index in [-0.39, 0.29) is 17.1 Å². The molecule has 0 fully saturated rings. The molecule has 5 aromatic rings. The van der Waals surface area contributed by atoms with Gasteiger partial charge in [0.15, 0.2) is 5.82 Å². The molecule has 0 spiro atoms. The van der Waals surface area contributed by atoms with Gasteiger partial charge in [-0.25, -0.2) is 23.0 Å². The number of halogens is 2. The van der Waals surface area contributed by atoms with Crippen molar-refractivity contribution in [3.05, 3.63) is 93.4 Å². The molecule has 0 radical (unpaired) electrons. The zero-order valence-corrected chi connectivity index (χ0v) is 28.8. The second-order valence-corrected chi connectivity index (χ2v) is 12.9. The fourth-order valence-corrected chi connectivity index (χ4v) is 6.88. The number of unbranched alkanes of at least 4 members (excludes halogenated alkanes) is 1. The Morgan fingerprint density at radius 1 is 0.980 bits per heavy atom. The molecular weight excluding hydrogens is 677 g/mol. The molecule has 1 amide bonds. The molecule has 1 unspecified atom stereocenters. The van der Waals surface area contributed by atoms with E-state index >= 15 is 8.78 Å². The summed E-state index contributed by atoms with van der Waals surface area (Å²) in [5.74, 6) is -0.554. The number of hydrogen-bond donors (Lipinski definition) is 3. The van der Waals surface area contributed by atoms with E-state index in [1.54, 1.807) is 34.3 Å². The zero-order chi connectivity index (χ0) is 35.1. The first-order chi connectivity index (χ1) is 23.6. The lowest BCUT2D eigenvalue weighted by Crippen LogP contribution is -2.28. The van der Waals surface area contributed by atoms with Gasteiger partial charge in [-0.05, 0) is 68.1 Å². The Morgan fingerprint density at radius 3 is 2.41 bits per heavy atom. The second-order valence-electron chi connectivity index (χ2n) is 10.8. The van der Waals surface area contributed by atoms with Crippen LogP contribution >= 0.6 is 11.3 Å². The molecule has 0 aliphatic carbocycles. The monoisotopic (exact) mass is 711 g/mol. The molecule has 2 aromatic heterocycles. The number of nitrogens with one attached hydrogen (secondary N) is 2. The number of methoxy groups -OCH3 is 3. The van der Waals surface area contributed by atoms with E-state index in [0.717, 1.165) is 44.7 Å². The maximum Gasteiger partial charge on any atom is 0.268 e. The summed E-state index contributed by atoms with van der Waals surface area (Å²) >= 11 is -1.52. The predicted molar refractivity (Wildman–Crippen MR) is 187 cm³/mol. The van der Waals surface area contributed by atoms with Crippen molar-refractivity contribution in [2.75, 3.05) is 42.8 Å². The van der Waals surface area contributed by atoms with Gasteiger partial charge in [0.25, 0.3) is 17.2 Å². The molecule has 0 saturated heterocycles. The molecule has 0 saturated carbocycles. The number of anilines is 3. The van der Waals surface area contributed by atoms with E-state index in [0.29, 0.717) is 58.9 Å². The molecule has 0 aliphatic heterocycles. The van der Waals surface area contributed by atoms with Gasteiger partial charge in [0, 0.05) is 29.6 Å². The van der Waals surface area contributed by atoms with Crippen LogP contribution in [0.4, 0.5) is 26.0 Å². The molecule has 2 heterocycles. The highest BCUT2D eigenvalue weighted by molar-refractivity contribution is 7.80. The number of aryl methyl sites for hydroxylation is 2. The number of amides is 1. The fourth-order valence-electron chi connectivity index (χ4n) is 5.29. The van der Waals surface area contributed by atoms with E-state index in [1.807, 2.05) is 36.4 Å². The first-order valence-electron chi connectivity index (χ1n) is 15.1. The summed E-state index contributed by atoms with van der Waals surface area (Å²) in [7, 11) is 4.71. The second kappa shape index (κ2) is 16.0. The van der Waals surface area contributed by atoms with E-state index < -0.39 is 34.5 Å². The highest BCUT2D eigenvalue weighted by atomic mass is 32.2. The highest BCUT2D eigenvalue weighted by Crippen LogP contribution is 2.36. The van der Waals surface area contributed by atoms with Crippen LogP contribution in [0, 0.1) is 18.6 Å². The number of hydrogen-bond acceptors (Lipinski definition) is 9. The minimum Gasteiger partial charge on any atom is -0.497 e. The number of nitrogens with zero attached hydrogens (tertiary/aromatic N) is 3. The van der Waals surface area contributed by atoms with Gasteiger partial charge in [-0.1, -0.05) is 12.1 Å². The van der Waals surface area contributed by atoms with Crippen LogP contribution in [0.1, 0.15) is 38.5 Å². The smallest absolute Gasteiger partial charge is 0.268 e. The third-order valence-electron chi connectivity index (χ3n) is 7.82. The zero-order valence-electron chi connectivity index (χ0n) is 27.2. The van der Waals surface area contributed by atoms with Crippen molar-refractivity contribution in [3.63, 3.8) is 0 Å². The predicted octanol–water partition coefficient (Wildman–Crippen LogP) is 7.13. The van der Waals surface area contributed by atoms with Crippen molar-refractivity contribution in [1.82, 2.24) is 9.97 Å². The maximum absolute atomic E-state index is 15.8. The van der Waals surface area contributed by atoms with E-state index in [4.69, 9.17) is 14.2 Å². The Morgan fingerprint density at radius 2 is 1.71 bits per heavy atom. The molecule has 1 atom stereocenters. The fraction of sp³-hybridized carbons (Fsp3) is 0.265. The van der Waals surface area contributed by atoms with Crippen molar-refractivity contribution >= 4 is 56.6 Å². The van der Waals surface area contributed by atoms with E-state index in [9.17, 15) is 13.6 Å². The number of carbonyl (C=O) groups excluding carboxylic acids is 1. The van der Waals surface area contributed by atoms with Gasteiger partial charge in [-0.2, -0.15) is 0 Å². The van der Waals surface area contributed by atoms with Gasteiger partial charge in [0.2, 0.25) is 0 Å². The van der Waals surface area contributed by atoms with Crippen LogP contribution in [0.25, 0.3) is 10.9 Å². The van der Waals surface area contributed by atoms with Crippen LogP contribution < -0.4 is 29.1 Å². The first kappa shape index (κ1) is 35.4. The summed E-state index contributed by atoms with van der Waals surface area (Å²) in [6.07, 6.45) is 3.07. The summed E-state index contributed by atoms with van der Waals surface area (Å²) in [5.41, 5.74) is 1.12. The molecule has 11 nitrogen and oxygen atoms in total. The van der Waals surface area contributed by atoms with Crippen molar-refractivity contribution in [2.45, 2.75) is 32.7 Å². The Hall–Kier alpha value is -4.86. The van der Waals surface area contributed by atoms with Crippen LogP contribution in [-0.2, 0) is 24.2 Å². The molecule has 0 bridgehead atoms. The molecule has 5 rings (SSSR count). The van der Waals surface area contributed by atoms with Gasteiger partial charge < -0.3 is 24.8 Å². The lowest BCUT2D eigenvalue weighted by molar-refractivity contribution is 0.103. The summed E-state index contributed by atoms with van der Waals surface area (Å²) in [6, 6.07) is 15.0. The van der Waals surface area contributed by atoms with Gasteiger partial charge in [-0.15, -0.1) is 11.3 Å².